The molecule has 5 heteroatoms. The lowest BCUT2D eigenvalue weighted by Gasteiger charge is -1.97. The van der Waals surface area contributed by atoms with Gasteiger partial charge in [-0.15, -0.1) is 12.4 Å². The van der Waals surface area contributed by atoms with E-state index in [1.165, 1.54) is 12.3 Å². The monoisotopic (exact) mass is 202 g/mol. The van der Waals surface area contributed by atoms with Crippen molar-refractivity contribution in [2.24, 2.45) is 5.73 Å². The summed E-state index contributed by atoms with van der Waals surface area (Å²) in [5.41, 5.74) is 6.34. The lowest BCUT2D eigenvalue weighted by atomic mass is 10.2. The molecule has 0 saturated heterocycles. The molecule has 0 aliphatic heterocycles. The quantitative estimate of drug-likeness (QED) is 0.757. The van der Waals surface area contributed by atoms with Crippen molar-refractivity contribution in [3.8, 4) is 0 Å². The summed E-state index contributed by atoms with van der Waals surface area (Å²) in [7, 11) is 0. The SMILES string of the molecule is Cl.NCCc1ccc(C(=O)O)nc1. The van der Waals surface area contributed by atoms with Crippen molar-refractivity contribution in [1.29, 1.82) is 0 Å². The van der Waals surface area contributed by atoms with E-state index in [-0.39, 0.29) is 18.1 Å². The number of rotatable bonds is 3. The molecule has 0 aliphatic carbocycles. The first kappa shape index (κ1) is 11.9. The van der Waals surface area contributed by atoms with Gasteiger partial charge in [0.2, 0.25) is 0 Å². The molecule has 1 heterocycles. The van der Waals surface area contributed by atoms with E-state index >= 15 is 0 Å². The summed E-state index contributed by atoms with van der Waals surface area (Å²) in [5, 5.41) is 8.52. The molecule has 0 aliphatic rings. The number of halogens is 1. The van der Waals surface area contributed by atoms with Crippen molar-refractivity contribution in [1.82, 2.24) is 4.98 Å². The number of hydrogen-bond acceptors (Lipinski definition) is 3. The van der Waals surface area contributed by atoms with Gasteiger partial charge in [0.1, 0.15) is 5.69 Å². The van der Waals surface area contributed by atoms with Crippen LogP contribution in [0.5, 0.6) is 0 Å². The Kier molecular flexibility index (Phi) is 5.03. The minimum absolute atomic E-state index is 0. The summed E-state index contributed by atoms with van der Waals surface area (Å²) < 4.78 is 0. The Morgan fingerprint density at radius 3 is 2.62 bits per heavy atom. The van der Waals surface area contributed by atoms with Gasteiger partial charge in [0.25, 0.3) is 0 Å². The average molecular weight is 203 g/mol. The third-order valence-electron chi connectivity index (χ3n) is 1.48. The highest BCUT2D eigenvalue weighted by Gasteiger charge is 2.02. The van der Waals surface area contributed by atoms with Crippen LogP contribution in [-0.4, -0.2) is 22.6 Å². The van der Waals surface area contributed by atoms with E-state index < -0.39 is 5.97 Å². The third-order valence-corrected chi connectivity index (χ3v) is 1.48. The molecule has 13 heavy (non-hydrogen) atoms. The van der Waals surface area contributed by atoms with Gasteiger partial charge in [0, 0.05) is 6.20 Å². The molecule has 0 aromatic carbocycles. The molecule has 0 radical (unpaired) electrons. The summed E-state index contributed by atoms with van der Waals surface area (Å²) in [6, 6.07) is 3.20. The molecular formula is C8H11ClN2O2. The Balaban J connectivity index is 0.00000144. The Morgan fingerprint density at radius 1 is 1.54 bits per heavy atom. The highest BCUT2D eigenvalue weighted by Crippen LogP contribution is 2.00. The number of aromatic nitrogens is 1. The maximum Gasteiger partial charge on any atom is 0.354 e. The molecule has 0 unspecified atom stereocenters. The summed E-state index contributed by atoms with van der Waals surface area (Å²) in [6.45, 7) is 0.550. The van der Waals surface area contributed by atoms with Gasteiger partial charge in [-0.05, 0) is 24.6 Å². The van der Waals surface area contributed by atoms with Crippen LogP contribution in [0.3, 0.4) is 0 Å². The fourth-order valence-corrected chi connectivity index (χ4v) is 0.866. The summed E-state index contributed by atoms with van der Waals surface area (Å²) in [6.07, 6.45) is 2.27. The van der Waals surface area contributed by atoms with E-state index in [9.17, 15) is 4.79 Å². The molecule has 0 amide bonds. The second-order valence-corrected chi connectivity index (χ2v) is 2.40. The Morgan fingerprint density at radius 2 is 2.23 bits per heavy atom. The molecule has 4 nitrogen and oxygen atoms in total. The van der Waals surface area contributed by atoms with Gasteiger partial charge in [-0.1, -0.05) is 6.07 Å². The first-order valence-corrected chi connectivity index (χ1v) is 3.62. The van der Waals surface area contributed by atoms with Crippen LogP contribution in [0.15, 0.2) is 18.3 Å². The smallest absolute Gasteiger partial charge is 0.354 e. The lowest BCUT2D eigenvalue weighted by molar-refractivity contribution is 0.0690. The fraction of sp³-hybridized carbons (Fsp3) is 0.250. The largest absolute Gasteiger partial charge is 0.477 e. The first-order valence-electron chi connectivity index (χ1n) is 3.62. The van der Waals surface area contributed by atoms with Gasteiger partial charge in [0.15, 0.2) is 0 Å². The van der Waals surface area contributed by atoms with Crippen molar-refractivity contribution >= 4 is 18.4 Å². The maximum atomic E-state index is 10.4. The summed E-state index contributed by atoms with van der Waals surface area (Å²) in [5.74, 6) is -1.01. The van der Waals surface area contributed by atoms with Gasteiger partial charge in [-0.3, -0.25) is 0 Å². The van der Waals surface area contributed by atoms with Crippen LogP contribution in [0.1, 0.15) is 16.1 Å². The minimum Gasteiger partial charge on any atom is -0.477 e. The normalized spacial score (nSPS) is 9.00. The van der Waals surface area contributed by atoms with E-state index in [2.05, 4.69) is 4.98 Å². The molecule has 1 aromatic heterocycles. The predicted molar refractivity (Wildman–Crippen MR) is 51.2 cm³/mol. The van der Waals surface area contributed by atoms with Crippen LogP contribution in [-0.2, 0) is 6.42 Å². The standard InChI is InChI=1S/C8H10N2O2.ClH/c9-4-3-6-1-2-7(8(11)12)10-5-6;/h1-2,5H,3-4,9H2,(H,11,12);1H. The Bertz CT molecular complexity index is 274. The van der Waals surface area contributed by atoms with Crippen LogP contribution in [0, 0.1) is 0 Å². The molecule has 0 spiro atoms. The zero-order valence-corrected chi connectivity index (χ0v) is 7.75. The van der Waals surface area contributed by atoms with Gasteiger partial charge >= 0.3 is 5.97 Å². The Hall–Kier alpha value is -1.13. The van der Waals surface area contributed by atoms with Gasteiger partial charge in [-0.25, -0.2) is 9.78 Å². The molecule has 3 N–H and O–H groups in total. The van der Waals surface area contributed by atoms with E-state index in [0.29, 0.717) is 6.54 Å². The van der Waals surface area contributed by atoms with E-state index in [1.807, 2.05) is 0 Å². The molecule has 0 fully saturated rings. The number of nitrogens with zero attached hydrogens (tertiary/aromatic N) is 1. The number of hydrogen-bond donors (Lipinski definition) is 2. The zero-order chi connectivity index (χ0) is 8.97. The molecule has 72 valence electrons. The van der Waals surface area contributed by atoms with Crippen molar-refractivity contribution in [3.05, 3.63) is 29.6 Å². The van der Waals surface area contributed by atoms with Crippen LogP contribution in [0.25, 0.3) is 0 Å². The van der Waals surface area contributed by atoms with E-state index in [0.717, 1.165) is 12.0 Å². The second-order valence-electron chi connectivity index (χ2n) is 2.40. The lowest BCUT2D eigenvalue weighted by Crippen LogP contribution is -2.05. The van der Waals surface area contributed by atoms with Crippen molar-refractivity contribution in [2.75, 3.05) is 6.54 Å². The van der Waals surface area contributed by atoms with Crippen molar-refractivity contribution in [2.45, 2.75) is 6.42 Å². The van der Waals surface area contributed by atoms with Gasteiger partial charge in [-0.2, -0.15) is 0 Å². The molecule has 0 saturated carbocycles. The average Bonchev–Trinajstić information content (AvgIpc) is 2.06. The van der Waals surface area contributed by atoms with E-state index in [4.69, 9.17) is 10.8 Å². The first-order chi connectivity index (χ1) is 5.74. The highest BCUT2D eigenvalue weighted by atomic mass is 35.5. The minimum atomic E-state index is -1.01. The molecule has 1 rings (SSSR count). The van der Waals surface area contributed by atoms with Crippen LogP contribution in [0.4, 0.5) is 0 Å². The maximum absolute atomic E-state index is 10.4. The Labute approximate surface area is 82.2 Å². The number of carboxylic acid groups (broad SMARTS) is 1. The molecular weight excluding hydrogens is 192 g/mol. The van der Waals surface area contributed by atoms with Gasteiger partial charge < -0.3 is 10.8 Å². The second kappa shape index (κ2) is 5.50. The summed E-state index contributed by atoms with van der Waals surface area (Å²) >= 11 is 0. The van der Waals surface area contributed by atoms with Crippen LogP contribution < -0.4 is 5.73 Å². The third kappa shape index (κ3) is 3.40. The molecule has 0 atom stereocenters. The van der Waals surface area contributed by atoms with E-state index in [1.54, 1.807) is 6.07 Å². The predicted octanol–water partition coefficient (Wildman–Crippen LogP) is 0.703. The zero-order valence-electron chi connectivity index (χ0n) is 6.93. The van der Waals surface area contributed by atoms with Crippen molar-refractivity contribution in [3.63, 3.8) is 0 Å². The number of pyridine rings is 1. The summed E-state index contributed by atoms with van der Waals surface area (Å²) in [4.78, 5) is 14.1. The fourth-order valence-electron chi connectivity index (χ4n) is 0.866. The van der Waals surface area contributed by atoms with Crippen LogP contribution in [0.2, 0.25) is 0 Å². The number of nitrogens with two attached hydrogens (primary N) is 1. The number of carbonyl (C=O) groups is 1. The number of carboxylic acids is 1. The molecule has 0 bridgehead atoms. The van der Waals surface area contributed by atoms with Gasteiger partial charge in [0.05, 0.1) is 0 Å². The molecule has 1 aromatic rings. The van der Waals surface area contributed by atoms with Crippen molar-refractivity contribution < 1.29 is 9.90 Å². The topological polar surface area (TPSA) is 76.2 Å². The van der Waals surface area contributed by atoms with Crippen LogP contribution >= 0.6 is 12.4 Å². The number of aromatic carboxylic acids is 1. The highest BCUT2D eigenvalue weighted by molar-refractivity contribution is 5.85.